The van der Waals surface area contributed by atoms with E-state index in [0.29, 0.717) is 17.4 Å². The van der Waals surface area contributed by atoms with Crippen molar-refractivity contribution < 1.29 is 14.3 Å². The van der Waals surface area contributed by atoms with E-state index in [-0.39, 0.29) is 6.04 Å². The molecule has 2 atom stereocenters. The van der Waals surface area contributed by atoms with Crippen molar-refractivity contribution in [1.29, 1.82) is 0 Å². The maximum absolute atomic E-state index is 11.9. The Labute approximate surface area is 125 Å². The third kappa shape index (κ3) is 4.21. The monoisotopic (exact) mass is 290 g/mol. The smallest absolute Gasteiger partial charge is 0.313 e. The molecule has 0 heterocycles. The minimum atomic E-state index is -0.627. The van der Waals surface area contributed by atoms with Gasteiger partial charge in [0.05, 0.1) is 7.11 Å². The van der Waals surface area contributed by atoms with E-state index in [1.165, 1.54) is 6.42 Å². The minimum absolute atomic E-state index is 0.105. The van der Waals surface area contributed by atoms with Crippen molar-refractivity contribution in [2.45, 2.75) is 38.6 Å². The van der Waals surface area contributed by atoms with E-state index >= 15 is 0 Å². The number of hydrogen-bond acceptors (Lipinski definition) is 3. The molecule has 0 aromatic heterocycles. The first-order valence-electron chi connectivity index (χ1n) is 7.36. The van der Waals surface area contributed by atoms with Gasteiger partial charge in [-0.2, -0.15) is 0 Å². The van der Waals surface area contributed by atoms with Gasteiger partial charge < -0.3 is 15.4 Å². The number of hydrogen-bond donors (Lipinski definition) is 2. The molecule has 0 aliphatic heterocycles. The Kier molecular flexibility index (Phi) is 5.20. The fraction of sp³-hybridized carbons (Fsp3) is 0.500. The van der Waals surface area contributed by atoms with Crippen molar-refractivity contribution in [3.63, 3.8) is 0 Å². The highest BCUT2D eigenvalue weighted by Gasteiger charge is 2.25. The normalized spacial score (nSPS) is 21.4. The molecule has 114 valence electrons. The van der Waals surface area contributed by atoms with Gasteiger partial charge in [-0.05, 0) is 43.0 Å². The molecule has 1 aliphatic carbocycles. The van der Waals surface area contributed by atoms with Gasteiger partial charge in [0.2, 0.25) is 0 Å². The van der Waals surface area contributed by atoms with Crippen LogP contribution in [0, 0.1) is 5.92 Å². The van der Waals surface area contributed by atoms with Crippen molar-refractivity contribution in [1.82, 2.24) is 5.32 Å². The van der Waals surface area contributed by atoms with Gasteiger partial charge >= 0.3 is 11.8 Å². The third-order valence-corrected chi connectivity index (χ3v) is 3.98. The van der Waals surface area contributed by atoms with Crippen LogP contribution in [0.25, 0.3) is 0 Å². The van der Waals surface area contributed by atoms with Crippen molar-refractivity contribution in [3.8, 4) is 5.75 Å². The molecule has 2 rings (SSSR count). The van der Waals surface area contributed by atoms with Crippen LogP contribution in [-0.4, -0.2) is 25.0 Å². The van der Waals surface area contributed by atoms with E-state index in [1.807, 2.05) is 0 Å². The lowest BCUT2D eigenvalue weighted by Gasteiger charge is -2.29. The number of carbonyl (C=O) groups excluding carboxylic acids is 2. The predicted octanol–water partition coefficient (Wildman–Crippen LogP) is 2.33. The molecular formula is C16H22N2O3. The molecule has 2 amide bonds. The van der Waals surface area contributed by atoms with Crippen molar-refractivity contribution in [3.05, 3.63) is 24.3 Å². The van der Waals surface area contributed by atoms with Crippen LogP contribution in [0.2, 0.25) is 0 Å². The quantitative estimate of drug-likeness (QED) is 0.840. The Morgan fingerprint density at radius 3 is 2.38 bits per heavy atom. The topological polar surface area (TPSA) is 67.4 Å². The molecule has 1 aliphatic rings. The van der Waals surface area contributed by atoms with Crippen molar-refractivity contribution in [2.24, 2.45) is 5.92 Å². The first-order valence-corrected chi connectivity index (χ1v) is 7.36. The SMILES string of the molecule is COc1ccc(NC(=O)C(=O)N[C@@H]2CCCC[C@@H]2C)cc1. The molecule has 0 radical (unpaired) electrons. The summed E-state index contributed by atoms with van der Waals surface area (Å²) in [6, 6.07) is 6.97. The Balaban J connectivity index is 1.88. The number of nitrogens with one attached hydrogen (secondary N) is 2. The molecule has 0 bridgehead atoms. The fourth-order valence-corrected chi connectivity index (χ4v) is 2.63. The van der Waals surface area contributed by atoms with E-state index in [0.717, 1.165) is 19.3 Å². The first kappa shape index (κ1) is 15.4. The summed E-state index contributed by atoms with van der Waals surface area (Å²) in [5.74, 6) is -0.0625. The van der Waals surface area contributed by atoms with Gasteiger partial charge in [0, 0.05) is 11.7 Å². The second kappa shape index (κ2) is 7.11. The van der Waals surface area contributed by atoms with Crippen LogP contribution in [0.4, 0.5) is 5.69 Å². The van der Waals surface area contributed by atoms with Gasteiger partial charge in [-0.25, -0.2) is 0 Å². The first-order chi connectivity index (χ1) is 10.1. The lowest BCUT2D eigenvalue weighted by atomic mass is 9.86. The molecule has 5 nitrogen and oxygen atoms in total. The van der Waals surface area contributed by atoms with Gasteiger partial charge in [0.25, 0.3) is 0 Å². The minimum Gasteiger partial charge on any atom is -0.497 e. The number of rotatable bonds is 3. The molecule has 0 unspecified atom stereocenters. The van der Waals surface area contributed by atoms with Gasteiger partial charge in [0.15, 0.2) is 0 Å². The Morgan fingerprint density at radius 1 is 1.10 bits per heavy atom. The van der Waals surface area contributed by atoms with Gasteiger partial charge in [-0.15, -0.1) is 0 Å². The van der Waals surface area contributed by atoms with Crippen LogP contribution in [0.3, 0.4) is 0 Å². The lowest BCUT2D eigenvalue weighted by Crippen LogP contribution is -2.45. The van der Waals surface area contributed by atoms with E-state index < -0.39 is 11.8 Å². The summed E-state index contributed by atoms with van der Waals surface area (Å²) in [4.78, 5) is 23.8. The summed E-state index contributed by atoms with van der Waals surface area (Å²) in [7, 11) is 1.58. The van der Waals surface area contributed by atoms with Crippen molar-refractivity contribution in [2.75, 3.05) is 12.4 Å². The molecule has 2 N–H and O–H groups in total. The second-order valence-corrected chi connectivity index (χ2v) is 5.52. The Morgan fingerprint density at radius 2 is 1.76 bits per heavy atom. The summed E-state index contributed by atoms with van der Waals surface area (Å²) in [6.45, 7) is 2.12. The Hall–Kier alpha value is -2.04. The fourth-order valence-electron chi connectivity index (χ4n) is 2.63. The zero-order valence-corrected chi connectivity index (χ0v) is 12.5. The zero-order chi connectivity index (χ0) is 15.2. The standard InChI is InChI=1S/C16H22N2O3/c1-11-5-3-4-6-14(11)18-16(20)15(19)17-12-7-9-13(21-2)10-8-12/h7-11,14H,3-6H2,1-2H3,(H,17,19)(H,18,20)/t11-,14+/m0/s1. The molecule has 1 aromatic rings. The molecule has 21 heavy (non-hydrogen) atoms. The molecule has 1 saturated carbocycles. The average molecular weight is 290 g/mol. The lowest BCUT2D eigenvalue weighted by molar-refractivity contribution is -0.137. The van der Waals surface area contributed by atoms with E-state index in [2.05, 4.69) is 17.6 Å². The predicted molar refractivity (Wildman–Crippen MR) is 81.2 cm³/mol. The molecule has 5 heteroatoms. The number of ether oxygens (including phenoxy) is 1. The maximum atomic E-state index is 11.9. The molecular weight excluding hydrogens is 268 g/mol. The molecule has 1 fully saturated rings. The summed E-state index contributed by atoms with van der Waals surface area (Å²) in [6.07, 6.45) is 4.36. The number of carbonyl (C=O) groups is 2. The summed E-state index contributed by atoms with van der Waals surface area (Å²) in [5, 5.41) is 5.43. The van der Waals surface area contributed by atoms with Crippen LogP contribution in [-0.2, 0) is 9.59 Å². The molecule has 0 saturated heterocycles. The maximum Gasteiger partial charge on any atom is 0.313 e. The second-order valence-electron chi connectivity index (χ2n) is 5.52. The number of methoxy groups -OCH3 is 1. The largest absolute Gasteiger partial charge is 0.497 e. The van der Waals surface area contributed by atoms with Crippen LogP contribution in [0.15, 0.2) is 24.3 Å². The van der Waals surface area contributed by atoms with E-state index in [4.69, 9.17) is 4.74 Å². The van der Waals surface area contributed by atoms with Crippen molar-refractivity contribution >= 4 is 17.5 Å². The van der Waals surface area contributed by atoms with Crippen LogP contribution in [0.1, 0.15) is 32.6 Å². The summed E-state index contributed by atoms with van der Waals surface area (Å²) >= 11 is 0. The van der Waals surface area contributed by atoms with Gasteiger partial charge in [0.1, 0.15) is 5.75 Å². The average Bonchev–Trinajstić information content (AvgIpc) is 2.50. The summed E-state index contributed by atoms with van der Waals surface area (Å²) < 4.78 is 5.04. The highest BCUT2D eigenvalue weighted by molar-refractivity contribution is 6.39. The molecule has 0 spiro atoms. The zero-order valence-electron chi connectivity index (χ0n) is 12.5. The van der Waals surface area contributed by atoms with Gasteiger partial charge in [-0.1, -0.05) is 19.8 Å². The number of anilines is 1. The van der Waals surface area contributed by atoms with Crippen LogP contribution >= 0.6 is 0 Å². The van der Waals surface area contributed by atoms with Crippen LogP contribution < -0.4 is 15.4 Å². The molecule has 1 aromatic carbocycles. The van der Waals surface area contributed by atoms with E-state index in [9.17, 15) is 9.59 Å². The summed E-state index contributed by atoms with van der Waals surface area (Å²) in [5.41, 5.74) is 0.577. The Bertz CT molecular complexity index is 499. The highest BCUT2D eigenvalue weighted by Crippen LogP contribution is 2.23. The van der Waals surface area contributed by atoms with E-state index in [1.54, 1.807) is 31.4 Å². The number of benzene rings is 1. The number of amides is 2. The highest BCUT2D eigenvalue weighted by atomic mass is 16.5. The van der Waals surface area contributed by atoms with Gasteiger partial charge in [-0.3, -0.25) is 9.59 Å². The van der Waals surface area contributed by atoms with Crippen LogP contribution in [0.5, 0.6) is 5.75 Å². The third-order valence-electron chi connectivity index (χ3n) is 3.98.